The van der Waals surface area contributed by atoms with Gasteiger partial charge in [-0.25, -0.2) is 12.8 Å². The van der Waals surface area contributed by atoms with Gasteiger partial charge in [-0.1, -0.05) is 0 Å². The number of hydrogen-bond acceptors (Lipinski definition) is 4. The van der Waals surface area contributed by atoms with Crippen LogP contribution in [0.15, 0.2) is 24.3 Å². The summed E-state index contributed by atoms with van der Waals surface area (Å²) < 4.78 is 36.2. The lowest BCUT2D eigenvalue weighted by Gasteiger charge is -2.38. The van der Waals surface area contributed by atoms with Crippen LogP contribution in [-0.4, -0.2) is 39.1 Å². The molecule has 1 saturated heterocycles. The monoisotopic (exact) mass is 272 g/mol. The van der Waals surface area contributed by atoms with Crippen LogP contribution in [0.5, 0.6) is 0 Å². The van der Waals surface area contributed by atoms with E-state index in [0.717, 1.165) is 5.69 Å². The molecule has 1 aromatic carbocycles. The van der Waals surface area contributed by atoms with E-state index in [1.807, 2.05) is 4.90 Å². The van der Waals surface area contributed by atoms with Gasteiger partial charge in [-0.3, -0.25) is 0 Å². The third-order valence-corrected chi connectivity index (χ3v) is 5.48. The Morgan fingerprint density at radius 3 is 2.44 bits per heavy atom. The Hall–Kier alpha value is -1.14. The summed E-state index contributed by atoms with van der Waals surface area (Å²) in [5.74, 6) is -0.0897. The van der Waals surface area contributed by atoms with Gasteiger partial charge in [0.05, 0.1) is 17.0 Å². The molecule has 1 aromatic rings. The molecule has 0 radical (unpaired) electrons. The van der Waals surface area contributed by atoms with E-state index in [4.69, 9.17) is 5.73 Å². The first kappa shape index (κ1) is 13.3. The van der Waals surface area contributed by atoms with Gasteiger partial charge < -0.3 is 10.6 Å². The average molecular weight is 272 g/mol. The van der Waals surface area contributed by atoms with Crippen LogP contribution in [0.3, 0.4) is 0 Å². The fourth-order valence-corrected chi connectivity index (χ4v) is 4.51. The van der Waals surface area contributed by atoms with Crippen LogP contribution in [0, 0.1) is 5.82 Å². The molecule has 1 fully saturated rings. The lowest BCUT2D eigenvalue weighted by Crippen LogP contribution is -2.53. The molecule has 6 heteroatoms. The van der Waals surface area contributed by atoms with Crippen molar-refractivity contribution in [3.63, 3.8) is 0 Å². The maximum Gasteiger partial charge on any atom is 0.152 e. The van der Waals surface area contributed by atoms with E-state index in [-0.39, 0.29) is 23.9 Å². The average Bonchev–Trinajstić information content (AvgIpc) is 2.66. The van der Waals surface area contributed by atoms with Crippen molar-refractivity contribution < 1.29 is 12.8 Å². The third-order valence-electron chi connectivity index (χ3n) is 3.67. The number of halogens is 1. The van der Waals surface area contributed by atoms with E-state index in [0.29, 0.717) is 6.42 Å². The summed E-state index contributed by atoms with van der Waals surface area (Å²) in [7, 11) is -1.22. The number of benzene rings is 1. The molecule has 18 heavy (non-hydrogen) atoms. The van der Waals surface area contributed by atoms with Crippen molar-refractivity contribution in [2.45, 2.75) is 12.0 Å². The number of hydrogen-bond donors (Lipinski definition) is 1. The van der Waals surface area contributed by atoms with E-state index in [2.05, 4.69) is 0 Å². The highest BCUT2D eigenvalue weighted by molar-refractivity contribution is 7.91. The first-order chi connectivity index (χ1) is 8.38. The Morgan fingerprint density at radius 2 is 2.00 bits per heavy atom. The van der Waals surface area contributed by atoms with Gasteiger partial charge in [-0.05, 0) is 30.7 Å². The van der Waals surface area contributed by atoms with Crippen molar-refractivity contribution in [1.82, 2.24) is 0 Å². The molecule has 0 bridgehead atoms. The molecule has 1 aliphatic rings. The Morgan fingerprint density at radius 1 is 1.39 bits per heavy atom. The van der Waals surface area contributed by atoms with Gasteiger partial charge in [0.2, 0.25) is 0 Å². The topological polar surface area (TPSA) is 63.4 Å². The predicted molar refractivity (Wildman–Crippen MR) is 69.9 cm³/mol. The summed E-state index contributed by atoms with van der Waals surface area (Å²) >= 11 is 0. The van der Waals surface area contributed by atoms with E-state index < -0.39 is 15.4 Å². The molecule has 1 atom stereocenters. The van der Waals surface area contributed by atoms with E-state index >= 15 is 0 Å². The van der Waals surface area contributed by atoms with E-state index in [9.17, 15) is 12.8 Å². The number of sulfone groups is 1. The smallest absolute Gasteiger partial charge is 0.152 e. The summed E-state index contributed by atoms with van der Waals surface area (Å²) in [6.45, 7) is 0.264. The Bertz CT molecular complexity index is 530. The fraction of sp³-hybridized carbons (Fsp3) is 0.500. The first-order valence-corrected chi connectivity index (χ1v) is 7.61. The zero-order valence-corrected chi connectivity index (χ0v) is 11.1. The van der Waals surface area contributed by atoms with Gasteiger partial charge in [-0.15, -0.1) is 0 Å². The van der Waals surface area contributed by atoms with E-state index in [1.165, 1.54) is 12.1 Å². The van der Waals surface area contributed by atoms with Crippen LogP contribution >= 0.6 is 0 Å². The van der Waals surface area contributed by atoms with Gasteiger partial charge in [0.25, 0.3) is 0 Å². The predicted octanol–water partition coefficient (Wildman–Crippen LogP) is 0.778. The summed E-state index contributed by atoms with van der Waals surface area (Å²) in [5, 5.41) is 0. The van der Waals surface area contributed by atoms with Crippen molar-refractivity contribution in [2.24, 2.45) is 5.73 Å². The van der Waals surface area contributed by atoms with Crippen LogP contribution in [-0.2, 0) is 9.84 Å². The maximum atomic E-state index is 12.9. The van der Waals surface area contributed by atoms with Gasteiger partial charge in [0.1, 0.15) is 5.82 Å². The highest BCUT2D eigenvalue weighted by atomic mass is 32.2. The highest BCUT2D eigenvalue weighted by Crippen LogP contribution is 2.31. The molecule has 2 rings (SSSR count). The Balaban J connectivity index is 2.31. The lowest BCUT2D eigenvalue weighted by molar-refractivity contribution is 0.462. The zero-order valence-electron chi connectivity index (χ0n) is 10.3. The number of rotatable bonds is 3. The third kappa shape index (κ3) is 2.35. The van der Waals surface area contributed by atoms with Crippen molar-refractivity contribution in [3.05, 3.63) is 30.1 Å². The second-order valence-electron chi connectivity index (χ2n) is 4.81. The van der Waals surface area contributed by atoms with Gasteiger partial charge in [0.15, 0.2) is 9.84 Å². The van der Waals surface area contributed by atoms with Crippen LogP contribution in [0.2, 0.25) is 0 Å². The Kier molecular flexibility index (Phi) is 3.33. The minimum absolute atomic E-state index is 0.0599. The molecule has 0 saturated carbocycles. The van der Waals surface area contributed by atoms with Gasteiger partial charge in [0, 0.05) is 19.3 Å². The fourth-order valence-electron chi connectivity index (χ4n) is 2.40. The number of anilines is 1. The molecule has 1 heterocycles. The van der Waals surface area contributed by atoms with Crippen LogP contribution in [0.1, 0.15) is 6.42 Å². The van der Waals surface area contributed by atoms with Crippen LogP contribution in [0.25, 0.3) is 0 Å². The molecule has 0 amide bonds. The largest absolute Gasteiger partial charge is 0.367 e. The molecule has 2 N–H and O–H groups in total. The maximum absolute atomic E-state index is 12.9. The van der Waals surface area contributed by atoms with Gasteiger partial charge >= 0.3 is 0 Å². The summed E-state index contributed by atoms with van der Waals surface area (Å²) in [6.07, 6.45) is 0.514. The zero-order chi connectivity index (χ0) is 13.4. The quantitative estimate of drug-likeness (QED) is 0.883. The number of nitrogens with two attached hydrogens (primary N) is 1. The second-order valence-corrected chi connectivity index (χ2v) is 6.99. The minimum Gasteiger partial charge on any atom is -0.367 e. The second kappa shape index (κ2) is 4.51. The molecular formula is C12H17FN2O2S. The SMILES string of the molecule is CN(c1ccc(F)cc1)C1(CN)CCS(=O)(=O)C1. The molecule has 1 unspecified atom stereocenters. The molecule has 1 aliphatic heterocycles. The number of likely N-dealkylation sites (N-methyl/N-ethyl adjacent to an activating group) is 1. The molecule has 4 nitrogen and oxygen atoms in total. The standard InChI is InChI=1S/C12H17FN2O2S/c1-15(11-4-2-10(13)3-5-11)12(8-14)6-7-18(16,17)9-12/h2-5H,6-9,14H2,1H3. The van der Waals surface area contributed by atoms with Crippen molar-refractivity contribution in [1.29, 1.82) is 0 Å². The number of nitrogens with zero attached hydrogens (tertiary/aromatic N) is 1. The molecule has 0 aliphatic carbocycles. The van der Waals surface area contributed by atoms with Crippen molar-refractivity contribution >= 4 is 15.5 Å². The minimum atomic E-state index is -3.02. The lowest BCUT2D eigenvalue weighted by atomic mass is 9.96. The van der Waals surface area contributed by atoms with Crippen LogP contribution < -0.4 is 10.6 Å². The molecule has 0 spiro atoms. The summed E-state index contributed by atoms with van der Waals surface area (Å²) in [6, 6.07) is 5.99. The van der Waals surface area contributed by atoms with Crippen molar-refractivity contribution in [3.8, 4) is 0 Å². The summed E-state index contributed by atoms with van der Waals surface area (Å²) in [4.78, 5) is 1.86. The molecule has 100 valence electrons. The normalized spacial score (nSPS) is 26.2. The van der Waals surface area contributed by atoms with E-state index in [1.54, 1.807) is 19.2 Å². The molecular weight excluding hydrogens is 255 g/mol. The molecule has 0 aromatic heterocycles. The highest BCUT2D eigenvalue weighted by Gasteiger charge is 2.44. The van der Waals surface area contributed by atoms with Crippen LogP contribution in [0.4, 0.5) is 10.1 Å². The van der Waals surface area contributed by atoms with Gasteiger partial charge in [-0.2, -0.15) is 0 Å². The first-order valence-electron chi connectivity index (χ1n) is 5.78. The summed E-state index contributed by atoms with van der Waals surface area (Å²) in [5.41, 5.74) is 5.98. The van der Waals surface area contributed by atoms with Crippen molar-refractivity contribution in [2.75, 3.05) is 30.0 Å². The Labute approximate surface area is 107 Å².